The number of aliphatic hydroxyl groups is 2. The van der Waals surface area contributed by atoms with E-state index in [4.69, 9.17) is 5.11 Å². The van der Waals surface area contributed by atoms with Gasteiger partial charge in [0.1, 0.15) is 0 Å². The number of aliphatic hydroxyl groups excluding tert-OH is 2. The molecule has 1 rings (SSSR count). The second-order valence-corrected chi connectivity index (χ2v) is 3.60. The van der Waals surface area contributed by atoms with Crippen molar-refractivity contribution in [3.63, 3.8) is 0 Å². The summed E-state index contributed by atoms with van der Waals surface area (Å²) in [6.45, 7) is 4.18. The molecule has 0 spiro atoms. The molecule has 3 unspecified atom stereocenters. The summed E-state index contributed by atoms with van der Waals surface area (Å²) in [4.78, 5) is 0. The van der Waals surface area contributed by atoms with E-state index in [9.17, 15) is 5.11 Å². The van der Waals surface area contributed by atoms with Crippen LogP contribution in [0, 0.1) is 11.8 Å². The monoisotopic (exact) mass is 144 g/mol. The summed E-state index contributed by atoms with van der Waals surface area (Å²) in [5.41, 5.74) is 0. The summed E-state index contributed by atoms with van der Waals surface area (Å²) in [7, 11) is 0. The molecule has 1 fully saturated rings. The molecule has 1 saturated carbocycles. The first kappa shape index (κ1) is 8.02. The first-order chi connectivity index (χ1) is 4.61. The second-order valence-electron chi connectivity index (χ2n) is 3.60. The van der Waals surface area contributed by atoms with Crippen LogP contribution in [0.3, 0.4) is 0 Å². The largest absolute Gasteiger partial charge is 0.393 e. The maximum absolute atomic E-state index is 9.37. The minimum atomic E-state index is -0.269. The summed E-state index contributed by atoms with van der Waals surface area (Å²) in [6.07, 6.45) is 0.819. The van der Waals surface area contributed by atoms with Crippen molar-refractivity contribution < 1.29 is 10.2 Å². The Bertz CT molecular complexity index is 112. The predicted octanol–water partition coefficient (Wildman–Crippen LogP) is 0.774. The minimum absolute atomic E-state index is 0.262. The lowest BCUT2D eigenvalue weighted by Gasteiger charge is -2.17. The number of rotatable bonds is 1. The Labute approximate surface area is 61.9 Å². The first-order valence-corrected chi connectivity index (χ1v) is 3.97. The van der Waals surface area contributed by atoms with Gasteiger partial charge in [0, 0.05) is 0 Å². The van der Waals surface area contributed by atoms with E-state index in [1.807, 2.05) is 0 Å². The van der Waals surface area contributed by atoms with E-state index in [2.05, 4.69) is 13.8 Å². The Morgan fingerprint density at radius 1 is 1.20 bits per heavy atom. The molecule has 2 N–H and O–H groups in total. The summed E-state index contributed by atoms with van der Waals surface area (Å²) >= 11 is 0. The highest BCUT2D eigenvalue weighted by atomic mass is 16.3. The van der Waals surface area contributed by atoms with Gasteiger partial charge in [0.2, 0.25) is 0 Å². The molecule has 10 heavy (non-hydrogen) atoms. The van der Waals surface area contributed by atoms with E-state index in [0.29, 0.717) is 18.3 Å². The van der Waals surface area contributed by atoms with Gasteiger partial charge in [-0.15, -0.1) is 0 Å². The first-order valence-electron chi connectivity index (χ1n) is 3.97. The van der Waals surface area contributed by atoms with Crippen molar-refractivity contribution in [2.45, 2.75) is 38.9 Å². The van der Waals surface area contributed by atoms with Crippen LogP contribution in [0.1, 0.15) is 26.7 Å². The van der Waals surface area contributed by atoms with Crippen LogP contribution in [-0.4, -0.2) is 22.4 Å². The Morgan fingerprint density at radius 3 is 2.00 bits per heavy atom. The van der Waals surface area contributed by atoms with Crippen LogP contribution in [0.25, 0.3) is 0 Å². The Balaban J connectivity index is 2.46. The van der Waals surface area contributed by atoms with Crippen LogP contribution < -0.4 is 0 Å². The van der Waals surface area contributed by atoms with Crippen molar-refractivity contribution in [3.05, 3.63) is 0 Å². The third kappa shape index (κ3) is 1.50. The van der Waals surface area contributed by atoms with Crippen molar-refractivity contribution in [1.29, 1.82) is 0 Å². The van der Waals surface area contributed by atoms with Crippen molar-refractivity contribution in [2.75, 3.05) is 0 Å². The van der Waals surface area contributed by atoms with Crippen LogP contribution in [0.5, 0.6) is 0 Å². The normalized spacial score (nSPS) is 41.1. The zero-order valence-corrected chi connectivity index (χ0v) is 6.62. The molecule has 0 aromatic carbocycles. The summed E-state index contributed by atoms with van der Waals surface area (Å²) in [5.74, 6) is 0.808. The zero-order chi connectivity index (χ0) is 7.72. The van der Waals surface area contributed by atoms with E-state index in [1.54, 1.807) is 0 Å². The van der Waals surface area contributed by atoms with Crippen LogP contribution in [0.15, 0.2) is 0 Å². The molecular weight excluding hydrogens is 128 g/mol. The SMILES string of the molecule is CC(C)C1CC(O)CC1O. The molecule has 2 nitrogen and oxygen atoms in total. The lowest BCUT2D eigenvalue weighted by Crippen LogP contribution is -2.18. The van der Waals surface area contributed by atoms with Crippen LogP contribution >= 0.6 is 0 Å². The molecule has 0 heterocycles. The summed E-state index contributed by atoms with van der Waals surface area (Å²) in [6, 6.07) is 0. The van der Waals surface area contributed by atoms with E-state index in [1.165, 1.54) is 0 Å². The van der Waals surface area contributed by atoms with Gasteiger partial charge in [-0.05, 0) is 24.7 Å². The second kappa shape index (κ2) is 2.89. The van der Waals surface area contributed by atoms with Crippen LogP contribution in [0.4, 0.5) is 0 Å². The van der Waals surface area contributed by atoms with Crippen molar-refractivity contribution >= 4 is 0 Å². The van der Waals surface area contributed by atoms with Crippen LogP contribution in [0.2, 0.25) is 0 Å². The molecule has 2 heteroatoms. The van der Waals surface area contributed by atoms with E-state index >= 15 is 0 Å². The van der Waals surface area contributed by atoms with Gasteiger partial charge in [-0.25, -0.2) is 0 Å². The molecule has 0 amide bonds. The molecule has 60 valence electrons. The maximum Gasteiger partial charge on any atom is 0.0596 e. The third-order valence-electron chi connectivity index (χ3n) is 2.41. The van der Waals surface area contributed by atoms with Crippen molar-refractivity contribution in [3.8, 4) is 0 Å². The Morgan fingerprint density at radius 2 is 1.80 bits per heavy atom. The highest BCUT2D eigenvalue weighted by molar-refractivity contribution is 4.84. The molecule has 3 atom stereocenters. The Kier molecular flexibility index (Phi) is 2.32. The smallest absolute Gasteiger partial charge is 0.0596 e. The van der Waals surface area contributed by atoms with Gasteiger partial charge in [-0.3, -0.25) is 0 Å². The van der Waals surface area contributed by atoms with Gasteiger partial charge < -0.3 is 10.2 Å². The minimum Gasteiger partial charge on any atom is -0.393 e. The van der Waals surface area contributed by atoms with Gasteiger partial charge in [0.15, 0.2) is 0 Å². The molecule has 0 aromatic rings. The maximum atomic E-state index is 9.37. The average Bonchev–Trinajstić information content (AvgIpc) is 2.10. The number of hydrogen-bond acceptors (Lipinski definition) is 2. The van der Waals surface area contributed by atoms with Crippen molar-refractivity contribution in [2.24, 2.45) is 11.8 Å². The van der Waals surface area contributed by atoms with Gasteiger partial charge in [-0.2, -0.15) is 0 Å². The molecule has 0 saturated heterocycles. The van der Waals surface area contributed by atoms with Gasteiger partial charge >= 0.3 is 0 Å². The van der Waals surface area contributed by atoms with Crippen LogP contribution in [-0.2, 0) is 0 Å². The average molecular weight is 144 g/mol. The Hall–Kier alpha value is -0.0800. The summed E-state index contributed by atoms with van der Waals surface area (Å²) in [5, 5.41) is 18.5. The quantitative estimate of drug-likeness (QED) is 0.570. The highest BCUT2D eigenvalue weighted by Gasteiger charge is 2.33. The molecule has 0 bridgehead atoms. The lowest BCUT2D eigenvalue weighted by molar-refractivity contribution is 0.103. The van der Waals surface area contributed by atoms with E-state index in [-0.39, 0.29) is 12.2 Å². The molecule has 0 aromatic heterocycles. The van der Waals surface area contributed by atoms with Crippen molar-refractivity contribution in [1.82, 2.24) is 0 Å². The topological polar surface area (TPSA) is 40.5 Å². The predicted molar refractivity (Wildman–Crippen MR) is 39.6 cm³/mol. The fraction of sp³-hybridized carbons (Fsp3) is 1.00. The standard InChI is InChI=1S/C8H16O2/c1-5(2)7-3-6(9)4-8(7)10/h5-10H,3-4H2,1-2H3. The molecule has 1 aliphatic rings. The fourth-order valence-electron chi connectivity index (χ4n) is 1.74. The highest BCUT2D eigenvalue weighted by Crippen LogP contribution is 2.31. The molecule has 0 radical (unpaired) electrons. The van der Waals surface area contributed by atoms with E-state index in [0.717, 1.165) is 6.42 Å². The van der Waals surface area contributed by atoms with Gasteiger partial charge in [0.05, 0.1) is 12.2 Å². The fourth-order valence-corrected chi connectivity index (χ4v) is 1.74. The number of hydrogen-bond donors (Lipinski definition) is 2. The molecular formula is C8H16O2. The van der Waals surface area contributed by atoms with E-state index < -0.39 is 0 Å². The zero-order valence-electron chi connectivity index (χ0n) is 6.62. The summed E-state index contributed by atoms with van der Waals surface area (Å²) < 4.78 is 0. The molecule has 1 aliphatic carbocycles. The van der Waals surface area contributed by atoms with Gasteiger partial charge in [-0.1, -0.05) is 13.8 Å². The lowest BCUT2D eigenvalue weighted by atomic mass is 9.93. The third-order valence-corrected chi connectivity index (χ3v) is 2.41. The molecule has 0 aliphatic heterocycles. The van der Waals surface area contributed by atoms with Gasteiger partial charge in [0.25, 0.3) is 0 Å².